The van der Waals surface area contributed by atoms with Crippen molar-refractivity contribution in [1.29, 1.82) is 5.41 Å². The number of halogens is 3. The second-order valence-corrected chi connectivity index (χ2v) is 9.58. The Labute approximate surface area is 210 Å². The van der Waals surface area contributed by atoms with Crippen LogP contribution in [0.4, 0.5) is 24.7 Å². The highest BCUT2D eigenvalue weighted by atomic mass is 32.1. The number of nitrogens with zero attached hydrogens (tertiary/aromatic N) is 4. The maximum absolute atomic E-state index is 13.3. The molecule has 0 aliphatic carbocycles. The summed E-state index contributed by atoms with van der Waals surface area (Å²) in [5.74, 6) is 0.907. The molecule has 1 unspecified atom stereocenters. The van der Waals surface area contributed by atoms with Gasteiger partial charge in [0.1, 0.15) is 11.9 Å². The summed E-state index contributed by atoms with van der Waals surface area (Å²) < 4.78 is 51.6. The van der Waals surface area contributed by atoms with Crippen LogP contribution in [0.2, 0.25) is 0 Å². The highest BCUT2D eigenvalue weighted by Gasteiger charge is 2.47. The molecule has 5 rings (SSSR count). The van der Waals surface area contributed by atoms with Crippen LogP contribution in [0, 0.1) is 5.41 Å². The van der Waals surface area contributed by atoms with Crippen molar-refractivity contribution in [3.05, 3.63) is 35.5 Å². The van der Waals surface area contributed by atoms with Crippen molar-refractivity contribution < 1.29 is 22.6 Å². The van der Waals surface area contributed by atoms with E-state index in [9.17, 15) is 13.2 Å². The van der Waals surface area contributed by atoms with E-state index in [1.165, 1.54) is 11.3 Å². The smallest absolute Gasteiger partial charge is 0.408 e. The summed E-state index contributed by atoms with van der Waals surface area (Å²) >= 11 is 1.52. The van der Waals surface area contributed by atoms with E-state index in [1.54, 1.807) is 7.05 Å². The van der Waals surface area contributed by atoms with Crippen LogP contribution in [0.1, 0.15) is 18.7 Å². The second-order valence-electron chi connectivity index (χ2n) is 8.70. The number of alkyl halides is 3. The van der Waals surface area contributed by atoms with Gasteiger partial charge in [-0.1, -0.05) is 12.1 Å². The van der Waals surface area contributed by atoms with Gasteiger partial charge in [-0.25, -0.2) is 9.97 Å². The van der Waals surface area contributed by atoms with E-state index in [1.807, 2.05) is 5.38 Å². The van der Waals surface area contributed by atoms with E-state index >= 15 is 0 Å². The van der Waals surface area contributed by atoms with Crippen molar-refractivity contribution >= 4 is 39.1 Å². The third kappa shape index (κ3) is 4.92. The van der Waals surface area contributed by atoms with Gasteiger partial charge in [0.25, 0.3) is 6.02 Å². The molecule has 0 saturated carbocycles. The average Bonchev–Trinajstić information content (AvgIpc) is 3.55. The van der Waals surface area contributed by atoms with Crippen LogP contribution in [-0.4, -0.2) is 73.0 Å². The summed E-state index contributed by atoms with van der Waals surface area (Å²) in [6, 6.07) is 6.10. The number of aromatic nitrogens is 2. The lowest BCUT2D eigenvalue weighted by Crippen LogP contribution is -2.45. The zero-order chi connectivity index (χ0) is 25.3. The largest absolute Gasteiger partial charge is 0.457 e. The molecule has 0 amide bonds. The standard InChI is InChI=1S/C24H27F3N6O2S/c1-29-22-21-20(17(14-36-21)15-4-6-16(7-5-15)32-9-11-34-12-10-32)30-19(31-22)13-35-23(28)33-8-2-3-18(33)24(25,26)27/h4-7,14,18,28H,2-3,8-13H2,1H3,(H,29,30,31). The second kappa shape index (κ2) is 10.1. The Morgan fingerprint density at radius 1 is 1.19 bits per heavy atom. The third-order valence-electron chi connectivity index (χ3n) is 6.48. The summed E-state index contributed by atoms with van der Waals surface area (Å²) in [6.07, 6.45) is -4.07. The van der Waals surface area contributed by atoms with Crippen molar-refractivity contribution in [2.75, 3.05) is 50.1 Å². The van der Waals surface area contributed by atoms with Crippen molar-refractivity contribution in [2.24, 2.45) is 0 Å². The van der Waals surface area contributed by atoms with Crippen LogP contribution in [-0.2, 0) is 16.1 Å². The van der Waals surface area contributed by atoms with Crippen molar-refractivity contribution in [1.82, 2.24) is 14.9 Å². The van der Waals surface area contributed by atoms with Gasteiger partial charge in [0.2, 0.25) is 0 Å². The zero-order valence-electron chi connectivity index (χ0n) is 19.8. The zero-order valence-corrected chi connectivity index (χ0v) is 20.6. The number of morpholine rings is 1. The molecule has 0 radical (unpaired) electrons. The Hall–Kier alpha value is -3.12. The molecular weight excluding hydrogens is 493 g/mol. The molecule has 8 nitrogen and oxygen atoms in total. The van der Waals surface area contributed by atoms with Crippen LogP contribution in [0.25, 0.3) is 21.3 Å². The normalized spacial score (nSPS) is 18.6. The van der Waals surface area contributed by atoms with E-state index in [4.69, 9.17) is 14.9 Å². The lowest BCUT2D eigenvalue weighted by molar-refractivity contribution is -0.169. The maximum atomic E-state index is 13.3. The fourth-order valence-electron chi connectivity index (χ4n) is 4.64. The predicted molar refractivity (Wildman–Crippen MR) is 134 cm³/mol. The first kappa shape index (κ1) is 24.6. The number of hydrogen-bond donors (Lipinski definition) is 2. The van der Waals surface area contributed by atoms with Crippen LogP contribution in [0.15, 0.2) is 29.6 Å². The highest BCUT2D eigenvalue weighted by Crippen LogP contribution is 2.37. The number of rotatable bonds is 5. The first-order valence-electron chi connectivity index (χ1n) is 11.8. The fraction of sp³-hybridized carbons (Fsp3) is 0.458. The van der Waals surface area contributed by atoms with E-state index < -0.39 is 18.2 Å². The molecule has 1 aromatic carbocycles. The molecule has 2 aliphatic heterocycles. The third-order valence-corrected chi connectivity index (χ3v) is 7.46. The summed E-state index contributed by atoms with van der Waals surface area (Å²) in [5.41, 5.74) is 3.82. The number of anilines is 2. The van der Waals surface area contributed by atoms with Crippen molar-refractivity contribution in [3.63, 3.8) is 0 Å². The Kier molecular flexibility index (Phi) is 6.89. The summed E-state index contributed by atoms with van der Waals surface area (Å²) in [4.78, 5) is 12.4. The van der Waals surface area contributed by atoms with Gasteiger partial charge in [0, 0.05) is 43.3 Å². The average molecular weight is 521 g/mol. The maximum Gasteiger partial charge on any atom is 0.408 e. The molecule has 2 fully saturated rings. The quantitative estimate of drug-likeness (QED) is 0.372. The number of fused-ring (bicyclic) bond motifs is 1. The first-order valence-corrected chi connectivity index (χ1v) is 12.7. The minimum Gasteiger partial charge on any atom is -0.457 e. The number of thiophene rings is 1. The van der Waals surface area contributed by atoms with Crippen LogP contribution >= 0.6 is 11.3 Å². The molecule has 1 atom stereocenters. The van der Waals surface area contributed by atoms with E-state index in [-0.39, 0.29) is 19.6 Å². The van der Waals surface area contributed by atoms with Crippen LogP contribution in [0.5, 0.6) is 0 Å². The molecule has 2 N–H and O–H groups in total. The van der Waals surface area contributed by atoms with E-state index in [0.29, 0.717) is 18.1 Å². The van der Waals surface area contributed by atoms with Crippen LogP contribution in [0.3, 0.4) is 0 Å². The fourth-order valence-corrected chi connectivity index (χ4v) is 5.65. The Balaban J connectivity index is 1.36. The molecule has 12 heteroatoms. The highest BCUT2D eigenvalue weighted by molar-refractivity contribution is 7.18. The minimum atomic E-state index is -4.40. The minimum absolute atomic E-state index is 0.0375. The van der Waals surface area contributed by atoms with Crippen LogP contribution < -0.4 is 10.2 Å². The van der Waals surface area contributed by atoms with Gasteiger partial charge in [0.15, 0.2) is 12.4 Å². The molecule has 192 valence electrons. The molecule has 2 aliphatic rings. The van der Waals surface area contributed by atoms with Gasteiger partial charge >= 0.3 is 6.18 Å². The monoisotopic (exact) mass is 520 g/mol. The molecule has 2 aromatic heterocycles. The number of hydrogen-bond acceptors (Lipinski definition) is 8. The Bertz CT molecular complexity index is 1230. The molecule has 0 spiro atoms. The Morgan fingerprint density at radius 3 is 2.64 bits per heavy atom. The molecule has 36 heavy (non-hydrogen) atoms. The molecule has 2 saturated heterocycles. The number of nitrogens with one attached hydrogen (secondary N) is 2. The predicted octanol–water partition coefficient (Wildman–Crippen LogP) is 4.71. The van der Waals surface area contributed by atoms with Crippen molar-refractivity contribution in [3.8, 4) is 11.1 Å². The summed E-state index contributed by atoms with van der Waals surface area (Å²) in [7, 11) is 1.75. The van der Waals surface area contributed by atoms with E-state index in [2.05, 4.69) is 44.5 Å². The van der Waals surface area contributed by atoms with Crippen molar-refractivity contribution in [2.45, 2.75) is 31.7 Å². The van der Waals surface area contributed by atoms with E-state index in [0.717, 1.165) is 58.2 Å². The number of ether oxygens (including phenoxy) is 2. The molecule has 0 bridgehead atoms. The molecule has 3 aromatic rings. The lowest BCUT2D eigenvalue weighted by Gasteiger charge is -2.28. The summed E-state index contributed by atoms with van der Waals surface area (Å²) in [5, 5.41) is 13.2. The SMILES string of the molecule is CNc1nc(COC(=N)N2CCCC2C(F)(F)F)nc2c(-c3ccc(N4CCOCC4)cc3)csc12. The summed E-state index contributed by atoms with van der Waals surface area (Å²) in [6.45, 7) is 3.10. The first-order chi connectivity index (χ1) is 17.3. The topological polar surface area (TPSA) is 86.6 Å². The van der Waals surface area contributed by atoms with Gasteiger partial charge in [-0.15, -0.1) is 11.3 Å². The molecular formula is C24H27F3N6O2S. The number of amidine groups is 1. The van der Waals surface area contributed by atoms with Gasteiger partial charge in [0.05, 0.1) is 23.4 Å². The van der Waals surface area contributed by atoms with Gasteiger partial charge in [-0.3, -0.25) is 5.41 Å². The van der Waals surface area contributed by atoms with Gasteiger partial charge in [-0.2, -0.15) is 13.2 Å². The number of likely N-dealkylation sites (tertiary alicyclic amines) is 1. The number of benzene rings is 1. The Morgan fingerprint density at radius 2 is 1.94 bits per heavy atom. The lowest BCUT2D eigenvalue weighted by atomic mass is 10.1. The molecule has 4 heterocycles. The van der Waals surface area contributed by atoms with Gasteiger partial charge in [-0.05, 0) is 30.5 Å². The van der Waals surface area contributed by atoms with Gasteiger partial charge < -0.3 is 24.6 Å².